The number of carbonyl (C=O) groups excluding carboxylic acids is 2. The van der Waals surface area contributed by atoms with Crippen LogP contribution in [0.15, 0.2) is 36.4 Å². The van der Waals surface area contributed by atoms with Gasteiger partial charge in [0, 0.05) is 12.6 Å². The van der Waals surface area contributed by atoms with Crippen LogP contribution >= 0.6 is 0 Å². The number of hydrogen-bond acceptors (Lipinski definition) is 4. The zero-order chi connectivity index (χ0) is 30.2. The molecule has 0 fully saturated rings. The largest absolute Gasteiger partial charge is 0.453 e. The number of carbonyl (C=O) groups is 2. The van der Waals surface area contributed by atoms with E-state index in [4.69, 9.17) is 9.47 Å². The van der Waals surface area contributed by atoms with Crippen molar-refractivity contribution in [3.63, 3.8) is 0 Å². The van der Waals surface area contributed by atoms with Crippen molar-refractivity contribution in [2.45, 2.75) is 57.4 Å². The smallest absolute Gasteiger partial charge is 0.416 e. The van der Waals surface area contributed by atoms with E-state index in [1.165, 1.54) is 13.8 Å². The maximum atomic E-state index is 13.6. The third-order valence-corrected chi connectivity index (χ3v) is 6.23. The molecule has 15 heteroatoms. The molecule has 0 spiro atoms. The summed E-state index contributed by atoms with van der Waals surface area (Å²) < 4.78 is 131. The Bertz CT molecular complexity index is 1230. The highest BCUT2D eigenvalue weighted by Crippen LogP contribution is 2.45. The summed E-state index contributed by atoms with van der Waals surface area (Å²) in [4.78, 5) is 27.3. The van der Waals surface area contributed by atoms with Crippen LogP contribution in [0.4, 0.5) is 54.8 Å². The summed E-state index contributed by atoms with van der Waals surface area (Å²) in [5, 5.41) is 0. The van der Waals surface area contributed by atoms with Crippen LogP contribution in [0.25, 0.3) is 0 Å². The molecule has 2 amide bonds. The van der Waals surface area contributed by atoms with Crippen LogP contribution in [0.1, 0.15) is 54.1 Å². The van der Waals surface area contributed by atoms with Crippen LogP contribution in [-0.4, -0.2) is 36.8 Å². The van der Waals surface area contributed by atoms with E-state index in [1.807, 2.05) is 0 Å². The topological polar surface area (TPSA) is 59.1 Å². The first-order valence-corrected chi connectivity index (χ1v) is 11.7. The Morgan fingerprint density at radius 3 is 1.93 bits per heavy atom. The van der Waals surface area contributed by atoms with Crippen molar-refractivity contribution < 1.29 is 58.6 Å². The highest BCUT2D eigenvalue weighted by molar-refractivity contribution is 5.90. The van der Waals surface area contributed by atoms with Crippen LogP contribution in [0.2, 0.25) is 0 Å². The van der Waals surface area contributed by atoms with Crippen molar-refractivity contribution in [3.05, 3.63) is 64.2 Å². The molecule has 0 radical (unpaired) electrons. The minimum Gasteiger partial charge on any atom is -0.453 e. The van der Waals surface area contributed by atoms with Gasteiger partial charge in [-0.05, 0) is 67.8 Å². The highest BCUT2D eigenvalue weighted by atomic mass is 19.4. The van der Waals surface area contributed by atoms with E-state index in [0.29, 0.717) is 24.3 Å². The van der Waals surface area contributed by atoms with E-state index in [-0.39, 0.29) is 30.3 Å². The molecule has 220 valence electrons. The summed E-state index contributed by atoms with van der Waals surface area (Å²) in [5.74, 6) is 0. The van der Waals surface area contributed by atoms with Gasteiger partial charge in [0.1, 0.15) is 0 Å². The molecule has 1 heterocycles. The van der Waals surface area contributed by atoms with Gasteiger partial charge < -0.3 is 9.47 Å². The molecule has 1 aliphatic rings. The van der Waals surface area contributed by atoms with Gasteiger partial charge in [-0.1, -0.05) is 0 Å². The molecule has 0 saturated heterocycles. The minimum absolute atomic E-state index is 0.0627. The fourth-order valence-corrected chi connectivity index (χ4v) is 4.50. The average molecular weight is 586 g/mol. The third-order valence-electron chi connectivity index (χ3n) is 6.23. The molecular weight excluding hydrogens is 563 g/mol. The predicted molar refractivity (Wildman–Crippen MR) is 122 cm³/mol. The second-order valence-corrected chi connectivity index (χ2v) is 8.95. The first kappa shape index (κ1) is 30.9. The van der Waals surface area contributed by atoms with Crippen molar-refractivity contribution in [1.29, 1.82) is 0 Å². The lowest BCUT2D eigenvalue weighted by Crippen LogP contribution is -2.47. The molecule has 2 aromatic rings. The molecule has 2 atom stereocenters. The predicted octanol–water partition coefficient (Wildman–Crippen LogP) is 7.81. The lowest BCUT2D eigenvalue weighted by Gasteiger charge is -2.42. The molecule has 0 aliphatic carbocycles. The Balaban J connectivity index is 2.20. The molecule has 6 nitrogen and oxygen atoms in total. The fraction of sp³-hybridized carbons (Fsp3) is 0.440. The van der Waals surface area contributed by atoms with E-state index in [1.54, 1.807) is 0 Å². The van der Waals surface area contributed by atoms with Crippen molar-refractivity contribution in [2.75, 3.05) is 18.6 Å². The van der Waals surface area contributed by atoms with Crippen molar-refractivity contribution in [3.8, 4) is 0 Å². The van der Waals surface area contributed by atoms with Crippen molar-refractivity contribution in [1.82, 2.24) is 4.90 Å². The number of anilines is 1. The van der Waals surface area contributed by atoms with Gasteiger partial charge in [-0.2, -0.15) is 39.5 Å². The molecule has 1 aliphatic heterocycles. The van der Waals surface area contributed by atoms with E-state index >= 15 is 0 Å². The number of rotatable bonds is 4. The quantitative estimate of drug-likeness (QED) is 0.343. The molecule has 40 heavy (non-hydrogen) atoms. The van der Waals surface area contributed by atoms with E-state index < -0.39 is 71.6 Å². The molecular formula is C25H23F9N2O4. The lowest BCUT2D eigenvalue weighted by atomic mass is 9.89. The lowest BCUT2D eigenvalue weighted by molar-refractivity contribution is -0.143. The van der Waals surface area contributed by atoms with E-state index in [0.717, 1.165) is 23.0 Å². The van der Waals surface area contributed by atoms with Crippen LogP contribution in [0.5, 0.6) is 0 Å². The van der Waals surface area contributed by atoms with Gasteiger partial charge in [-0.25, -0.2) is 9.59 Å². The number of benzene rings is 2. The number of hydrogen-bond donors (Lipinski definition) is 0. The second kappa shape index (κ2) is 11.1. The number of fused-ring (bicyclic) bond motifs is 1. The molecule has 0 N–H and O–H groups in total. The maximum absolute atomic E-state index is 13.6. The molecule has 2 aromatic carbocycles. The van der Waals surface area contributed by atoms with Gasteiger partial charge in [-0.15, -0.1) is 0 Å². The van der Waals surface area contributed by atoms with Crippen molar-refractivity contribution >= 4 is 17.9 Å². The Hall–Kier alpha value is -3.65. The van der Waals surface area contributed by atoms with Gasteiger partial charge in [-0.3, -0.25) is 9.80 Å². The number of methoxy groups -OCH3 is 1. The number of nitrogens with zero attached hydrogens (tertiary/aromatic N) is 2. The summed E-state index contributed by atoms with van der Waals surface area (Å²) >= 11 is 0. The number of alkyl halides is 9. The second-order valence-electron chi connectivity index (χ2n) is 8.95. The van der Waals surface area contributed by atoms with Gasteiger partial charge >= 0.3 is 30.7 Å². The summed E-state index contributed by atoms with van der Waals surface area (Å²) in [6, 6.07) is 0.940. The first-order valence-electron chi connectivity index (χ1n) is 11.7. The Labute approximate surface area is 222 Å². The third kappa shape index (κ3) is 6.55. The molecule has 0 saturated carbocycles. The van der Waals surface area contributed by atoms with Crippen molar-refractivity contribution in [2.24, 2.45) is 0 Å². The molecule has 3 rings (SSSR count). The van der Waals surface area contributed by atoms with E-state index in [9.17, 15) is 49.1 Å². The monoisotopic (exact) mass is 586 g/mol. The van der Waals surface area contributed by atoms with Gasteiger partial charge in [0.25, 0.3) is 0 Å². The Kier molecular flexibility index (Phi) is 8.56. The summed E-state index contributed by atoms with van der Waals surface area (Å²) in [5.41, 5.74) is -5.32. The first-order chi connectivity index (χ1) is 18.4. The van der Waals surface area contributed by atoms with Gasteiger partial charge in [0.15, 0.2) is 0 Å². The fourth-order valence-electron chi connectivity index (χ4n) is 4.50. The molecule has 0 aromatic heterocycles. The number of ether oxygens (including phenoxy) is 2. The molecule has 2 unspecified atom stereocenters. The van der Waals surface area contributed by atoms with Crippen LogP contribution in [0.3, 0.4) is 0 Å². The van der Waals surface area contributed by atoms with Gasteiger partial charge in [0.05, 0.1) is 42.1 Å². The van der Waals surface area contributed by atoms with Gasteiger partial charge in [0.2, 0.25) is 0 Å². The summed E-state index contributed by atoms with van der Waals surface area (Å²) in [7, 11) is 0.896. The maximum Gasteiger partial charge on any atom is 0.416 e. The average Bonchev–Trinajstić information content (AvgIpc) is 2.84. The van der Waals surface area contributed by atoms with Crippen LogP contribution < -0.4 is 4.90 Å². The summed E-state index contributed by atoms with van der Waals surface area (Å²) in [6.07, 6.45) is -17.5. The zero-order valence-corrected chi connectivity index (χ0v) is 21.2. The zero-order valence-electron chi connectivity index (χ0n) is 21.2. The Morgan fingerprint density at radius 1 is 0.900 bits per heavy atom. The normalized spacial score (nSPS) is 17.8. The molecule has 0 bridgehead atoms. The van der Waals surface area contributed by atoms with Crippen LogP contribution in [-0.2, 0) is 34.5 Å². The SMILES string of the molecule is CCOC(=O)N1c2ccc(C(F)(F)F)cc2C(N(Cc2cc(C(F)(F)F)cc(C(F)(F)F)c2)C(=O)OC)CC1C. The minimum atomic E-state index is -5.17. The standard InChI is InChI=1S/C25H23F9N2O4/c1-4-40-22(38)36-13(2)7-20(18-11-15(23(26,27)28)5-6-19(18)36)35(21(37)39-3)12-14-8-16(24(29,30)31)10-17(9-14)25(32,33)34/h5-6,8-11,13,20H,4,7,12H2,1-3H3. The number of amides is 2. The summed E-state index contributed by atoms with van der Waals surface area (Å²) in [6.45, 7) is 2.05. The number of halogens is 9. The van der Waals surface area contributed by atoms with E-state index in [2.05, 4.69) is 0 Å². The van der Waals surface area contributed by atoms with Crippen LogP contribution in [0, 0.1) is 0 Å². The Morgan fingerprint density at radius 2 is 1.45 bits per heavy atom. The highest BCUT2D eigenvalue weighted by Gasteiger charge is 2.42.